The fourth-order valence-electron chi connectivity index (χ4n) is 3.98. The van der Waals surface area contributed by atoms with E-state index in [0.29, 0.717) is 31.6 Å². The lowest BCUT2D eigenvalue weighted by Crippen LogP contribution is -2.60. The van der Waals surface area contributed by atoms with Crippen LogP contribution in [-0.4, -0.2) is 46.6 Å². The van der Waals surface area contributed by atoms with E-state index in [4.69, 9.17) is 0 Å². The van der Waals surface area contributed by atoms with E-state index in [0.717, 1.165) is 5.56 Å². The lowest BCUT2D eigenvalue weighted by Gasteiger charge is -2.44. The Morgan fingerprint density at radius 2 is 2.15 bits per heavy atom. The Morgan fingerprint density at radius 1 is 1.37 bits per heavy atom. The molecule has 3 unspecified atom stereocenters. The van der Waals surface area contributed by atoms with Crippen LogP contribution in [0.15, 0.2) is 18.3 Å². The zero-order chi connectivity index (χ0) is 19.6. The van der Waals surface area contributed by atoms with Crippen LogP contribution in [0.3, 0.4) is 0 Å². The average molecular weight is 384 g/mol. The fourth-order valence-corrected chi connectivity index (χ4v) is 3.98. The second-order valence-electron chi connectivity index (χ2n) is 7.17. The first-order valence-corrected chi connectivity index (χ1v) is 9.09. The van der Waals surface area contributed by atoms with Gasteiger partial charge in [0.2, 0.25) is 11.8 Å². The summed E-state index contributed by atoms with van der Waals surface area (Å²) in [5, 5.41) is 5.32. The van der Waals surface area contributed by atoms with Gasteiger partial charge in [0.25, 0.3) is 0 Å². The van der Waals surface area contributed by atoms with Gasteiger partial charge in [0.1, 0.15) is 11.9 Å². The summed E-state index contributed by atoms with van der Waals surface area (Å²) in [4.78, 5) is 28.9. The van der Waals surface area contributed by atoms with Gasteiger partial charge < -0.3 is 10.6 Å². The Kier molecular flexibility index (Phi) is 5.69. The van der Waals surface area contributed by atoms with Gasteiger partial charge in [0.05, 0.1) is 6.17 Å². The molecule has 0 saturated carbocycles. The molecule has 2 fully saturated rings. The third kappa shape index (κ3) is 4.77. The second-order valence-corrected chi connectivity index (χ2v) is 7.17. The molecule has 0 bridgehead atoms. The molecular weight excluding hydrogens is 361 g/mol. The zero-order valence-corrected chi connectivity index (χ0v) is 15.1. The highest BCUT2D eigenvalue weighted by molar-refractivity contribution is 5.87. The lowest BCUT2D eigenvalue weighted by atomic mass is 9.87. The molecule has 1 aromatic heterocycles. The van der Waals surface area contributed by atoms with Gasteiger partial charge in [0.15, 0.2) is 0 Å². The number of amides is 2. The standard InChI is InChI=1S/C18H23F3N4O2/c1-11(26)23-15-8-12(5-6-22-15)13-9-16(24-17(27)10-13)25-7-3-2-4-14(25)18(19,20)21/h5-6,8,13-14,16H,2-4,7,9-10H2,1H3,(H,24,27)(H,22,23,26). The van der Waals surface area contributed by atoms with Crippen LogP contribution in [0.25, 0.3) is 0 Å². The van der Waals surface area contributed by atoms with E-state index in [9.17, 15) is 22.8 Å². The van der Waals surface area contributed by atoms with Gasteiger partial charge in [-0.2, -0.15) is 13.2 Å². The molecule has 3 rings (SSSR count). The van der Waals surface area contributed by atoms with E-state index in [2.05, 4.69) is 15.6 Å². The smallest absolute Gasteiger partial charge is 0.341 e. The maximum Gasteiger partial charge on any atom is 0.404 e. The predicted molar refractivity (Wildman–Crippen MR) is 92.8 cm³/mol. The van der Waals surface area contributed by atoms with Crippen molar-refractivity contribution in [3.63, 3.8) is 0 Å². The third-order valence-electron chi connectivity index (χ3n) is 5.15. The van der Waals surface area contributed by atoms with Crippen LogP contribution >= 0.6 is 0 Å². The Balaban J connectivity index is 1.80. The number of pyridine rings is 1. The van der Waals surface area contributed by atoms with Gasteiger partial charge >= 0.3 is 6.18 Å². The number of nitrogens with zero attached hydrogens (tertiary/aromatic N) is 2. The quantitative estimate of drug-likeness (QED) is 0.841. The number of anilines is 1. The van der Waals surface area contributed by atoms with Crippen LogP contribution in [0.5, 0.6) is 0 Å². The van der Waals surface area contributed by atoms with Gasteiger partial charge in [-0.05, 0) is 42.9 Å². The first-order chi connectivity index (χ1) is 12.7. The topological polar surface area (TPSA) is 74.3 Å². The minimum Gasteiger partial charge on any atom is -0.341 e. The molecule has 2 N–H and O–H groups in total. The van der Waals surface area contributed by atoms with E-state index >= 15 is 0 Å². The highest BCUT2D eigenvalue weighted by atomic mass is 19.4. The second kappa shape index (κ2) is 7.84. The number of piperidine rings is 2. The van der Waals surface area contributed by atoms with Crippen molar-refractivity contribution in [3.8, 4) is 0 Å². The molecule has 0 radical (unpaired) electrons. The van der Waals surface area contributed by atoms with E-state index in [1.807, 2.05) is 0 Å². The van der Waals surface area contributed by atoms with Crippen molar-refractivity contribution in [2.45, 2.75) is 63.3 Å². The number of aromatic nitrogens is 1. The number of hydrogen-bond acceptors (Lipinski definition) is 4. The van der Waals surface area contributed by atoms with Gasteiger partial charge in [0, 0.05) is 26.1 Å². The minimum absolute atomic E-state index is 0.0580. The molecule has 2 saturated heterocycles. The third-order valence-corrected chi connectivity index (χ3v) is 5.15. The number of carbonyl (C=O) groups excluding carboxylic acids is 2. The van der Waals surface area contributed by atoms with E-state index in [1.165, 1.54) is 18.0 Å². The van der Waals surface area contributed by atoms with Gasteiger partial charge in [-0.3, -0.25) is 14.5 Å². The van der Waals surface area contributed by atoms with Crippen molar-refractivity contribution in [1.29, 1.82) is 0 Å². The molecule has 2 amide bonds. The van der Waals surface area contributed by atoms with Crippen molar-refractivity contribution in [2.75, 3.05) is 11.9 Å². The summed E-state index contributed by atoms with van der Waals surface area (Å²) in [6.45, 7) is 1.68. The summed E-state index contributed by atoms with van der Waals surface area (Å²) in [6, 6.07) is 1.89. The molecule has 0 aromatic carbocycles. The number of halogens is 3. The summed E-state index contributed by atoms with van der Waals surface area (Å²) in [5.74, 6) is -0.385. The molecule has 9 heteroatoms. The van der Waals surface area contributed by atoms with Crippen molar-refractivity contribution >= 4 is 17.6 Å². The largest absolute Gasteiger partial charge is 0.404 e. The van der Waals surface area contributed by atoms with Crippen molar-refractivity contribution in [2.24, 2.45) is 0 Å². The highest BCUT2D eigenvalue weighted by Crippen LogP contribution is 2.37. The Hall–Kier alpha value is -2.16. The first-order valence-electron chi connectivity index (χ1n) is 9.09. The summed E-state index contributed by atoms with van der Waals surface area (Å²) in [7, 11) is 0. The average Bonchev–Trinajstić information content (AvgIpc) is 2.60. The van der Waals surface area contributed by atoms with E-state index in [-0.39, 0.29) is 30.6 Å². The highest BCUT2D eigenvalue weighted by Gasteiger charge is 2.47. The van der Waals surface area contributed by atoms with Gasteiger partial charge in [-0.1, -0.05) is 6.42 Å². The summed E-state index contributed by atoms with van der Waals surface area (Å²) >= 11 is 0. The zero-order valence-electron chi connectivity index (χ0n) is 15.1. The summed E-state index contributed by atoms with van der Waals surface area (Å²) < 4.78 is 40.3. The normalized spacial score (nSPS) is 27.1. The molecule has 2 aliphatic heterocycles. The number of nitrogens with one attached hydrogen (secondary N) is 2. The van der Waals surface area contributed by atoms with Gasteiger partial charge in [-0.25, -0.2) is 4.98 Å². The number of likely N-dealkylation sites (tertiary alicyclic amines) is 1. The summed E-state index contributed by atoms with van der Waals surface area (Å²) in [6.07, 6.45) is -1.56. The number of rotatable bonds is 3. The molecule has 3 heterocycles. The molecule has 0 aliphatic carbocycles. The molecular formula is C18H23F3N4O2. The van der Waals surface area contributed by atoms with Crippen LogP contribution in [0.4, 0.5) is 19.0 Å². The number of alkyl halides is 3. The Morgan fingerprint density at radius 3 is 2.85 bits per heavy atom. The molecule has 0 spiro atoms. The molecule has 3 atom stereocenters. The Labute approximate surface area is 155 Å². The summed E-state index contributed by atoms with van der Waals surface area (Å²) in [5.41, 5.74) is 0.786. The van der Waals surface area contributed by atoms with E-state index < -0.39 is 18.4 Å². The lowest BCUT2D eigenvalue weighted by molar-refractivity contribution is -0.201. The molecule has 148 valence electrons. The number of carbonyl (C=O) groups is 2. The molecule has 1 aromatic rings. The van der Waals surface area contributed by atoms with Crippen LogP contribution in [-0.2, 0) is 9.59 Å². The van der Waals surface area contributed by atoms with Crippen LogP contribution in [0, 0.1) is 0 Å². The van der Waals surface area contributed by atoms with Crippen LogP contribution in [0.2, 0.25) is 0 Å². The SMILES string of the molecule is CC(=O)Nc1cc(C2CC(=O)NC(N3CCCCC3C(F)(F)F)C2)ccn1. The first kappa shape index (κ1) is 19.6. The number of hydrogen-bond donors (Lipinski definition) is 2. The van der Waals surface area contributed by atoms with Crippen LogP contribution in [0.1, 0.15) is 50.5 Å². The van der Waals surface area contributed by atoms with Crippen molar-refractivity contribution in [1.82, 2.24) is 15.2 Å². The van der Waals surface area contributed by atoms with Crippen LogP contribution < -0.4 is 10.6 Å². The molecule has 2 aliphatic rings. The maximum atomic E-state index is 13.4. The maximum absolute atomic E-state index is 13.4. The van der Waals surface area contributed by atoms with Gasteiger partial charge in [-0.15, -0.1) is 0 Å². The molecule has 6 nitrogen and oxygen atoms in total. The predicted octanol–water partition coefficient (Wildman–Crippen LogP) is 2.78. The molecule has 27 heavy (non-hydrogen) atoms. The monoisotopic (exact) mass is 384 g/mol. The fraction of sp³-hybridized carbons (Fsp3) is 0.611. The Bertz CT molecular complexity index is 710. The minimum atomic E-state index is -4.31. The van der Waals surface area contributed by atoms with Crippen molar-refractivity contribution in [3.05, 3.63) is 23.9 Å². The van der Waals surface area contributed by atoms with Crippen molar-refractivity contribution < 1.29 is 22.8 Å². The van der Waals surface area contributed by atoms with E-state index in [1.54, 1.807) is 12.1 Å².